The molecule has 0 spiro atoms. The third-order valence-electron chi connectivity index (χ3n) is 3.16. The Morgan fingerprint density at radius 1 is 1.45 bits per heavy atom. The summed E-state index contributed by atoms with van der Waals surface area (Å²) in [5.41, 5.74) is 0.835. The summed E-state index contributed by atoms with van der Waals surface area (Å²) >= 11 is 5.91. The van der Waals surface area contributed by atoms with Crippen LogP contribution in [0.25, 0.3) is 0 Å². The number of nitrogens with one attached hydrogen (secondary N) is 1. The van der Waals surface area contributed by atoms with Crippen molar-refractivity contribution in [2.45, 2.75) is 13.5 Å². The zero-order valence-corrected chi connectivity index (χ0v) is 12.7. The second kappa shape index (κ2) is 6.97. The predicted molar refractivity (Wildman–Crippen MR) is 77.6 cm³/mol. The van der Waals surface area contributed by atoms with E-state index in [1.54, 1.807) is 6.07 Å². The molecule has 1 amide bonds. The molecule has 110 valence electrons. The third kappa shape index (κ3) is 4.40. The zero-order chi connectivity index (χ0) is 14.5. The van der Waals surface area contributed by atoms with Crippen LogP contribution in [0, 0.1) is 6.92 Å². The summed E-state index contributed by atoms with van der Waals surface area (Å²) in [6.07, 6.45) is 0. The van der Waals surface area contributed by atoms with Gasteiger partial charge in [0.2, 0.25) is 5.91 Å². The van der Waals surface area contributed by atoms with E-state index in [0.717, 1.165) is 31.9 Å². The van der Waals surface area contributed by atoms with Gasteiger partial charge in [0.05, 0.1) is 13.1 Å². The molecule has 7 heteroatoms. The summed E-state index contributed by atoms with van der Waals surface area (Å²) in [5, 5.41) is 3.67. The second-order valence-electron chi connectivity index (χ2n) is 5.05. The maximum absolute atomic E-state index is 12.1. The SMILES string of the molecule is Cc1cc(Cl)nc(CN(C)CC(=O)N2CCNCC2)n1. The van der Waals surface area contributed by atoms with Crippen LogP contribution < -0.4 is 5.32 Å². The minimum Gasteiger partial charge on any atom is -0.339 e. The number of aryl methyl sites for hydroxylation is 1. The molecule has 1 aromatic heterocycles. The van der Waals surface area contributed by atoms with Crippen LogP contribution in [0.15, 0.2) is 6.07 Å². The molecule has 2 rings (SSSR count). The van der Waals surface area contributed by atoms with Gasteiger partial charge in [0.15, 0.2) is 0 Å². The standard InChI is InChI=1S/C13H20ClN5O/c1-10-7-11(14)17-12(16-10)8-18(2)9-13(20)19-5-3-15-4-6-19/h7,15H,3-6,8-9H2,1-2H3. The molecule has 1 aliphatic heterocycles. The molecule has 1 saturated heterocycles. The predicted octanol–water partition coefficient (Wildman–Crippen LogP) is 0.302. The third-order valence-corrected chi connectivity index (χ3v) is 3.35. The van der Waals surface area contributed by atoms with E-state index in [1.807, 2.05) is 23.8 Å². The van der Waals surface area contributed by atoms with E-state index in [9.17, 15) is 4.79 Å². The van der Waals surface area contributed by atoms with Gasteiger partial charge in [-0.05, 0) is 20.0 Å². The fourth-order valence-electron chi connectivity index (χ4n) is 2.20. The van der Waals surface area contributed by atoms with Crippen LogP contribution in [-0.4, -0.2) is 65.4 Å². The van der Waals surface area contributed by atoms with Gasteiger partial charge in [-0.2, -0.15) is 0 Å². The van der Waals surface area contributed by atoms with Crippen LogP contribution >= 0.6 is 11.6 Å². The highest BCUT2D eigenvalue weighted by molar-refractivity contribution is 6.29. The van der Waals surface area contributed by atoms with E-state index >= 15 is 0 Å². The first-order valence-electron chi connectivity index (χ1n) is 6.71. The molecule has 0 bridgehead atoms. The summed E-state index contributed by atoms with van der Waals surface area (Å²) in [6, 6.07) is 1.72. The molecule has 1 N–H and O–H groups in total. The lowest BCUT2D eigenvalue weighted by Gasteiger charge is -2.29. The van der Waals surface area contributed by atoms with Crippen LogP contribution in [0.1, 0.15) is 11.5 Å². The van der Waals surface area contributed by atoms with Gasteiger partial charge in [-0.1, -0.05) is 11.6 Å². The maximum Gasteiger partial charge on any atom is 0.236 e. The number of hydrogen-bond acceptors (Lipinski definition) is 5. The number of hydrogen-bond donors (Lipinski definition) is 1. The number of amides is 1. The first-order valence-corrected chi connectivity index (χ1v) is 7.09. The highest BCUT2D eigenvalue weighted by atomic mass is 35.5. The van der Waals surface area contributed by atoms with E-state index in [-0.39, 0.29) is 5.91 Å². The molecule has 0 unspecified atom stereocenters. The van der Waals surface area contributed by atoms with Gasteiger partial charge in [0, 0.05) is 31.9 Å². The molecule has 1 fully saturated rings. The maximum atomic E-state index is 12.1. The molecular formula is C13H20ClN5O. The number of carbonyl (C=O) groups is 1. The Balaban J connectivity index is 1.88. The number of nitrogens with zero attached hydrogens (tertiary/aromatic N) is 4. The summed E-state index contributed by atoms with van der Waals surface area (Å²) in [4.78, 5) is 24.4. The topological polar surface area (TPSA) is 61.4 Å². The van der Waals surface area contributed by atoms with Crippen molar-refractivity contribution in [1.29, 1.82) is 0 Å². The monoisotopic (exact) mass is 297 g/mol. The van der Waals surface area contributed by atoms with Crippen LogP contribution in [0.5, 0.6) is 0 Å². The highest BCUT2D eigenvalue weighted by Gasteiger charge is 2.18. The average molecular weight is 298 g/mol. The Morgan fingerprint density at radius 2 is 2.15 bits per heavy atom. The highest BCUT2D eigenvalue weighted by Crippen LogP contribution is 2.08. The second-order valence-corrected chi connectivity index (χ2v) is 5.44. The van der Waals surface area contributed by atoms with E-state index in [0.29, 0.717) is 24.1 Å². The van der Waals surface area contributed by atoms with Crippen LogP contribution in [0.4, 0.5) is 0 Å². The molecule has 20 heavy (non-hydrogen) atoms. The van der Waals surface area contributed by atoms with Gasteiger partial charge in [-0.15, -0.1) is 0 Å². The smallest absolute Gasteiger partial charge is 0.236 e. The van der Waals surface area contributed by atoms with Crippen molar-refractivity contribution >= 4 is 17.5 Å². The van der Waals surface area contributed by atoms with E-state index in [2.05, 4.69) is 15.3 Å². The van der Waals surface area contributed by atoms with Crippen LogP contribution in [-0.2, 0) is 11.3 Å². The van der Waals surface area contributed by atoms with Gasteiger partial charge in [-0.25, -0.2) is 9.97 Å². The molecule has 1 aromatic rings. The zero-order valence-electron chi connectivity index (χ0n) is 11.9. The number of rotatable bonds is 4. The van der Waals surface area contributed by atoms with Crippen LogP contribution in [0.3, 0.4) is 0 Å². The summed E-state index contributed by atoms with van der Waals surface area (Å²) < 4.78 is 0. The normalized spacial score (nSPS) is 15.7. The molecular weight excluding hydrogens is 278 g/mol. The van der Waals surface area contributed by atoms with Gasteiger partial charge in [0.1, 0.15) is 11.0 Å². The molecule has 0 radical (unpaired) electrons. The number of halogens is 1. The Morgan fingerprint density at radius 3 is 2.80 bits per heavy atom. The summed E-state index contributed by atoms with van der Waals surface area (Å²) in [6.45, 7) is 6.05. The Bertz CT molecular complexity index is 456. The van der Waals surface area contributed by atoms with Gasteiger partial charge in [-0.3, -0.25) is 9.69 Å². The fraction of sp³-hybridized carbons (Fsp3) is 0.615. The van der Waals surface area contributed by atoms with E-state index < -0.39 is 0 Å². The van der Waals surface area contributed by atoms with E-state index in [1.165, 1.54) is 0 Å². The summed E-state index contributed by atoms with van der Waals surface area (Å²) in [7, 11) is 1.89. The largest absolute Gasteiger partial charge is 0.339 e. The Hall–Kier alpha value is -1.24. The molecule has 0 aromatic carbocycles. The number of carbonyl (C=O) groups excluding carboxylic acids is 1. The van der Waals surface area contributed by atoms with Crippen LogP contribution in [0.2, 0.25) is 5.15 Å². The van der Waals surface area contributed by atoms with Crippen molar-refractivity contribution in [3.05, 3.63) is 22.7 Å². The molecule has 0 atom stereocenters. The van der Waals surface area contributed by atoms with Gasteiger partial charge in [0.25, 0.3) is 0 Å². The molecule has 6 nitrogen and oxygen atoms in total. The molecule has 1 aliphatic rings. The quantitative estimate of drug-likeness (QED) is 0.810. The van der Waals surface area contributed by atoms with Gasteiger partial charge < -0.3 is 10.2 Å². The summed E-state index contributed by atoms with van der Waals surface area (Å²) in [5.74, 6) is 0.790. The van der Waals surface area contributed by atoms with Crippen molar-refractivity contribution in [3.63, 3.8) is 0 Å². The van der Waals surface area contributed by atoms with E-state index in [4.69, 9.17) is 11.6 Å². The number of likely N-dealkylation sites (N-methyl/N-ethyl adjacent to an activating group) is 1. The first-order chi connectivity index (χ1) is 9.54. The Kier molecular flexibility index (Phi) is 5.28. The van der Waals surface area contributed by atoms with Crippen molar-refractivity contribution in [1.82, 2.24) is 25.1 Å². The lowest BCUT2D eigenvalue weighted by molar-refractivity contribution is -0.132. The lowest BCUT2D eigenvalue weighted by atomic mass is 10.3. The Labute approximate surface area is 124 Å². The average Bonchev–Trinajstić information content (AvgIpc) is 2.38. The molecule has 0 aliphatic carbocycles. The van der Waals surface area contributed by atoms with Crippen molar-refractivity contribution in [2.24, 2.45) is 0 Å². The fourth-order valence-corrected chi connectivity index (χ4v) is 2.46. The number of piperazine rings is 1. The molecule has 0 saturated carbocycles. The first kappa shape index (κ1) is 15.2. The van der Waals surface area contributed by atoms with Crippen molar-refractivity contribution in [2.75, 3.05) is 39.8 Å². The number of aromatic nitrogens is 2. The molecule has 2 heterocycles. The minimum atomic E-state index is 0.146. The van der Waals surface area contributed by atoms with Gasteiger partial charge >= 0.3 is 0 Å². The van der Waals surface area contributed by atoms with Crippen molar-refractivity contribution < 1.29 is 4.79 Å². The lowest BCUT2D eigenvalue weighted by Crippen LogP contribution is -2.49. The minimum absolute atomic E-state index is 0.146. The van der Waals surface area contributed by atoms with Crippen molar-refractivity contribution in [3.8, 4) is 0 Å².